The molecule has 182 valence electrons. The number of nitrogens with one attached hydrogen (secondary N) is 2. The zero-order chi connectivity index (χ0) is 25.8. The molecular formula is C25H16BrCl2N3O5. The van der Waals surface area contributed by atoms with Crippen LogP contribution in [0.4, 0.5) is 16.2 Å². The molecule has 0 saturated carbocycles. The molecule has 0 aliphatic carbocycles. The first-order valence-corrected chi connectivity index (χ1v) is 11.9. The molecule has 1 aliphatic heterocycles. The van der Waals surface area contributed by atoms with Crippen LogP contribution in [-0.2, 0) is 14.4 Å². The minimum atomic E-state index is -0.897. The van der Waals surface area contributed by atoms with Crippen molar-refractivity contribution in [2.45, 2.75) is 0 Å². The van der Waals surface area contributed by atoms with Gasteiger partial charge in [0.05, 0.1) is 16.4 Å². The highest BCUT2D eigenvalue weighted by Gasteiger charge is 2.37. The second-order valence-electron chi connectivity index (χ2n) is 7.44. The highest BCUT2D eigenvalue weighted by atomic mass is 79.9. The topological polar surface area (TPSA) is 105 Å². The molecule has 5 amide bonds. The predicted molar refractivity (Wildman–Crippen MR) is 140 cm³/mol. The summed E-state index contributed by atoms with van der Waals surface area (Å²) in [6.45, 7) is -0.365. The summed E-state index contributed by atoms with van der Waals surface area (Å²) in [6, 6.07) is 16.8. The van der Waals surface area contributed by atoms with Gasteiger partial charge in [0.15, 0.2) is 6.61 Å². The Balaban J connectivity index is 1.59. The Labute approximate surface area is 223 Å². The minimum absolute atomic E-state index is 0.199. The van der Waals surface area contributed by atoms with Gasteiger partial charge in [-0.15, -0.1) is 0 Å². The molecule has 0 radical (unpaired) electrons. The van der Waals surface area contributed by atoms with E-state index in [2.05, 4.69) is 26.6 Å². The Bertz CT molecular complexity index is 1430. The average molecular weight is 589 g/mol. The van der Waals surface area contributed by atoms with Crippen molar-refractivity contribution in [1.82, 2.24) is 5.32 Å². The number of carbonyl (C=O) groups excluding carboxylic acids is 4. The van der Waals surface area contributed by atoms with Crippen LogP contribution in [0.25, 0.3) is 6.08 Å². The SMILES string of the molecule is O=C(COc1ccc(Br)cc1/C=C1\C(=O)NC(=O)N(c2cccc(Cl)c2)C1=O)Nc1ccccc1Cl. The molecule has 0 unspecified atom stereocenters. The lowest BCUT2D eigenvalue weighted by atomic mass is 10.1. The number of hydrogen-bond donors (Lipinski definition) is 2. The van der Waals surface area contributed by atoms with E-state index < -0.39 is 23.8 Å². The Morgan fingerprint density at radius 1 is 1.03 bits per heavy atom. The molecule has 1 saturated heterocycles. The van der Waals surface area contributed by atoms with Gasteiger partial charge in [-0.3, -0.25) is 19.7 Å². The lowest BCUT2D eigenvalue weighted by Crippen LogP contribution is -2.54. The normalized spacial score (nSPS) is 14.6. The molecule has 0 atom stereocenters. The van der Waals surface area contributed by atoms with E-state index in [-0.39, 0.29) is 23.6 Å². The van der Waals surface area contributed by atoms with E-state index in [1.165, 1.54) is 18.2 Å². The summed E-state index contributed by atoms with van der Waals surface area (Å²) in [5.74, 6) is -1.94. The van der Waals surface area contributed by atoms with Crippen molar-refractivity contribution in [3.63, 3.8) is 0 Å². The van der Waals surface area contributed by atoms with Crippen molar-refractivity contribution >= 4 is 80.3 Å². The molecule has 2 N–H and O–H groups in total. The first-order chi connectivity index (χ1) is 17.2. The molecule has 0 spiro atoms. The molecule has 36 heavy (non-hydrogen) atoms. The fourth-order valence-electron chi connectivity index (χ4n) is 3.32. The van der Waals surface area contributed by atoms with Gasteiger partial charge in [0.2, 0.25) is 0 Å². The lowest BCUT2D eigenvalue weighted by molar-refractivity contribution is -0.122. The summed E-state index contributed by atoms with van der Waals surface area (Å²) in [6.07, 6.45) is 1.29. The van der Waals surface area contributed by atoms with Gasteiger partial charge >= 0.3 is 6.03 Å². The number of rotatable bonds is 6. The van der Waals surface area contributed by atoms with Gasteiger partial charge in [0, 0.05) is 15.1 Å². The number of nitrogens with zero attached hydrogens (tertiary/aromatic N) is 1. The maximum absolute atomic E-state index is 13.2. The number of halogens is 3. The second kappa shape index (κ2) is 10.9. The van der Waals surface area contributed by atoms with Gasteiger partial charge < -0.3 is 10.1 Å². The number of imide groups is 2. The number of carbonyl (C=O) groups is 4. The van der Waals surface area contributed by atoms with Crippen molar-refractivity contribution in [3.8, 4) is 5.75 Å². The molecule has 4 rings (SSSR count). The predicted octanol–water partition coefficient (Wildman–Crippen LogP) is 5.44. The Kier molecular flexibility index (Phi) is 7.73. The monoisotopic (exact) mass is 587 g/mol. The standard InChI is InChI=1S/C25H16BrCl2N3O5/c26-15-8-9-21(36-13-22(32)29-20-7-2-1-6-19(20)28)14(10-15)11-18-23(33)30-25(35)31(24(18)34)17-5-3-4-16(27)12-17/h1-12H,13H2,(H,29,32)(H,30,33,35)/b18-11+. The Morgan fingerprint density at radius 2 is 1.81 bits per heavy atom. The molecule has 11 heteroatoms. The van der Waals surface area contributed by atoms with E-state index in [0.29, 0.717) is 25.8 Å². The third-order valence-electron chi connectivity index (χ3n) is 4.95. The van der Waals surface area contributed by atoms with Crippen molar-refractivity contribution in [1.29, 1.82) is 0 Å². The number of amides is 5. The molecule has 0 aromatic heterocycles. The van der Waals surface area contributed by atoms with E-state index in [1.54, 1.807) is 54.6 Å². The molecule has 1 aliphatic rings. The van der Waals surface area contributed by atoms with Crippen LogP contribution in [-0.4, -0.2) is 30.4 Å². The van der Waals surface area contributed by atoms with Crippen LogP contribution in [0, 0.1) is 0 Å². The summed E-state index contributed by atoms with van der Waals surface area (Å²) in [4.78, 5) is 51.3. The first-order valence-electron chi connectivity index (χ1n) is 10.4. The van der Waals surface area contributed by atoms with Crippen LogP contribution in [0.15, 0.2) is 76.8 Å². The highest BCUT2D eigenvalue weighted by molar-refractivity contribution is 9.10. The van der Waals surface area contributed by atoms with Crippen molar-refractivity contribution in [2.24, 2.45) is 0 Å². The summed E-state index contributed by atoms with van der Waals surface area (Å²) in [5.41, 5.74) is 0.651. The van der Waals surface area contributed by atoms with Gasteiger partial charge in [-0.2, -0.15) is 0 Å². The fraction of sp³-hybridized carbons (Fsp3) is 0.0400. The Morgan fingerprint density at radius 3 is 2.56 bits per heavy atom. The third kappa shape index (κ3) is 5.76. The number of anilines is 2. The number of benzene rings is 3. The van der Waals surface area contributed by atoms with E-state index in [9.17, 15) is 19.2 Å². The van der Waals surface area contributed by atoms with E-state index >= 15 is 0 Å². The van der Waals surface area contributed by atoms with E-state index in [1.807, 2.05) is 0 Å². The molecule has 3 aromatic rings. The molecule has 1 heterocycles. The smallest absolute Gasteiger partial charge is 0.335 e. The van der Waals surface area contributed by atoms with Crippen LogP contribution < -0.4 is 20.3 Å². The zero-order valence-corrected chi connectivity index (χ0v) is 21.4. The number of urea groups is 1. The summed E-state index contributed by atoms with van der Waals surface area (Å²) in [7, 11) is 0. The van der Waals surface area contributed by atoms with Crippen molar-refractivity contribution in [2.75, 3.05) is 16.8 Å². The van der Waals surface area contributed by atoms with E-state index in [0.717, 1.165) is 4.90 Å². The van der Waals surface area contributed by atoms with Gasteiger partial charge in [-0.25, -0.2) is 9.69 Å². The van der Waals surface area contributed by atoms with Crippen LogP contribution in [0.1, 0.15) is 5.56 Å². The molecule has 1 fully saturated rings. The highest BCUT2D eigenvalue weighted by Crippen LogP contribution is 2.29. The second-order valence-corrected chi connectivity index (χ2v) is 9.20. The van der Waals surface area contributed by atoms with Crippen molar-refractivity contribution < 1.29 is 23.9 Å². The molecule has 3 aromatic carbocycles. The molecular weight excluding hydrogens is 573 g/mol. The fourth-order valence-corrected chi connectivity index (χ4v) is 4.06. The summed E-state index contributed by atoms with van der Waals surface area (Å²) < 4.78 is 6.30. The average Bonchev–Trinajstić information content (AvgIpc) is 2.82. The summed E-state index contributed by atoms with van der Waals surface area (Å²) >= 11 is 15.4. The first kappa shape index (κ1) is 25.4. The van der Waals surface area contributed by atoms with Gasteiger partial charge in [0.25, 0.3) is 17.7 Å². The number of hydrogen-bond acceptors (Lipinski definition) is 5. The third-order valence-corrected chi connectivity index (χ3v) is 6.00. The van der Waals surface area contributed by atoms with Crippen LogP contribution in [0.3, 0.4) is 0 Å². The Hall–Kier alpha value is -3.66. The maximum Gasteiger partial charge on any atom is 0.335 e. The summed E-state index contributed by atoms with van der Waals surface area (Å²) in [5, 5.41) is 5.49. The number of ether oxygens (including phenoxy) is 1. The lowest BCUT2D eigenvalue weighted by Gasteiger charge is -2.26. The number of para-hydroxylation sites is 1. The van der Waals surface area contributed by atoms with Crippen LogP contribution in [0.5, 0.6) is 5.75 Å². The van der Waals surface area contributed by atoms with Gasteiger partial charge in [-0.1, -0.05) is 57.3 Å². The molecule has 8 nitrogen and oxygen atoms in total. The maximum atomic E-state index is 13.2. The molecule has 0 bridgehead atoms. The van der Waals surface area contributed by atoms with Gasteiger partial charge in [-0.05, 0) is 54.6 Å². The van der Waals surface area contributed by atoms with Crippen molar-refractivity contribution in [3.05, 3.63) is 92.4 Å². The zero-order valence-electron chi connectivity index (χ0n) is 18.3. The number of barbiturate groups is 1. The quantitative estimate of drug-likeness (QED) is 0.295. The van der Waals surface area contributed by atoms with Gasteiger partial charge in [0.1, 0.15) is 11.3 Å². The minimum Gasteiger partial charge on any atom is -0.483 e. The van der Waals surface area contributed by atoms with Crippen LogP contribution in [0.2, 0.25) is 10.0 Å². The largest absolute Gasteiger partial charge is 0.483 e. The van der Waals surface area contributed by atoms with E-state index in [4.69, 9.17) is 27.9 Å². The van der Waals surface area contributed by atoms with Crippen LogP contribution >= 0.6 is 39.1 Å².